The Labute approximate surface area is 195 Å². The lowest BCUT2D eigenvalue weighted by Crippen LogP contribution is -2.36. The predicted octanol–water partition coefficient (Wildman–Crippen LogP) is 6.64. The molecule has 1 unspecified atom stereocenters. The average molecular weight is 468 g/mol. The lowest BCUT2D eigenvalue weighted by molar-refractivity contribution is -0.385. The first-order valence-corrected chi connectivity index (χ1v) is 10.9. The molecule has 8 heteroatoms. The lowest BCUT2D eigenvalue weighted by atomic mass is 9.86. The highest BCUT2D eigenvalue weighted by Gasteiger charge is 2.32. The molecule has 5 nitrogen and oxygen atoms in total. The van der Waals surface area contributed by atoms with Crippen LogP contribution in [0.15, 0.2) is 66.7 Å². The Kier molecular flexibility index (Phi) is 6.41. The van der Waals surface area contributed by atoms with Crippen molar-refractivity contribution in [2.45, 2.75) is 44.9 Å². The Morgan fingerprint density at radius 2 is 1.79 bits per heavy atom. The Morgan fingerprint density at radius 1 is 1.09 bits per heavy atom. The molecule has 34 heavy (non-hydrogen) atoms. The fourth-order valence-electron chi connectivity index (χ4n) is 4.48. The fourth-order valence-corrected chi connectivity index (χ4v) is 4.48. The second-order valence-corrected chi connectivity index (χ2v) is 8.49. The van der Waals surface area contributed by atoms with Crippen LogP contribution in [-0.2, 0) is 19.1 Å². The van der Waals surface area contributed by atoms with Crippen LogP contribution in [0.4, 0.5) is 18.9 Å². The second kappa shape index (κ2) is 9.29. The standard InChI is InChI=1S/C26H23F3N2O3/c1-17-9-12-20(15-24(17)31(33)34)25(32)30(16-18-10-13-21(14-11-18)26(27,28)29)23-8-4-6-19-5-2-3-7-22(19)23/h2-3,5,7,9-15,23H,4,6,8,16H2,1H3. The molecule has 1 aliphatic carbocycles. The monoisotopic (exact) mass is 468 g/mol. The zero-order valence-electron chi connectivity index (χ0n) is 18.5. The van der Waals surface area contributed by atoms with Gasteiger partial charge in [0.05, 0.1) is 16.5 Å². The molecule has 0 saturated carbocycles. The van der Waals surface area contributed by atoms with E-state index in [1.165, 1.54) is 24.3 Å². The summed E-state index contributed by atoms with van der Waals surface area (Å²) >= 11 is 0. The maximum Gasteiger partial charge on any atom is 0.416 e. The Balaban J connectivity index is 1.74. The molecular formula is C26H23F3N2O3. The predicted molar refractivity (Wildman–Crippen MR) is 121 cm³/mol. The zero-order chi connectivity index (χ0) is 24.5. The molecule has 0 heterocycles. The van der Waals surface area contributed by atoms with Crippen molar-refractivity contribution in [1.29, 1.82) is 0 Å². The number of nitro benzene ring substituents is 1. The van der Waals surface area contributed by atoms with Crippen molar-refractivity contribution in [3.8, 4) is 0 Å². The first kappa shape index (κ1) is 23.5. The van der Waals surface area contributed by atoms with E-state index in [4.69, 9.17) is 0 Å². The largest absolute Gasteiger partial charge is 0.416 e. The Morgan fingerprint density at radius 3 is 2.47 bits per heavy atom. The summed E-state index contributed by atoms with van der Waals surface area (Å²) in [7, 11) is 0. The van der Waals surface area contributed by atoms with E-state index in [0.717, 1.165) is 36.1 Å². The molecule has 0 bridgehead atoms. The van der Waals surface area contributed by atoms with Gasteiger partial charge >= 0.3 is 6.18 Å². The molecule has 0 N–H and O–H groups in total. The normalized spacial score (nSPS) is 15.5. The number of nitro groups is 1. The number of nitrogens with zero attached hydrogens (tertiary/aromatic N) is 2. The molecule has 1 atom stereocenters. The minimum atomic E-state index is -4.45. The molecule has 0 radical (unpaired) electrons. The molecule has 3 aromatic rings. The molecule has 0 aliphatic heterocycles. The van der Waals surface area contributed by atoms with Crippen LogP contribution in [0.3, 0.4) is 0 Å². The van der Waals surface area contributed by atoms with Crippen molar-refractivity contribution in [1.82, 2.24) is 4.90 Å². The van der Waals surface area contributed by atoms with Gasteiger partial charge in [-0.2, -0.15) is 13.2 Å². The van der Waals surface area contributed by atoms with Crippen molar-refractivity contribution in [2.24, 2.45) is 0 Å². The molecule has 1 amide bonds. The third-order valence-electron chi connectivity index (χ3n) is 6.26. The number of carbonyl (C=O) groups is 1. The molecule has 1 aliphatic rings. The van der Waals surface area contributed by atoms with Crippen LogP contribution < -0.4 is 0 Å². The molecule has 0 fully saturated rings. The van der Waals surface area contributed by atoms with Crippen molar-refractivity contribution in [3.63, 3.8) is 0 Å². The van der Waals surface area contributed by atoms with Crippen LogP contribution in [0.2, 0.25) is 0 Å². The van der Waals surface area contributed by atoms with Gasteiger partial charge in [0.15, 0.2) is 0 Å². The van der Waals surface area contributed by atoms with E-state index in [2.05, 4.69) is 0 Å². The highest BCUT2D eigenvalue weighted by molar-refractivity contribution is 5.95. The summed E-state index contributed by atoms with van der Waals surface area (Å²) in [6.45, 7) is 1.68. The van der Waals surface area contributed by atoms with Gasteiger partial charge in [-0.25, -0.2) is 0 Å². The molecular weight excluding hydrogens is 445 g/mol. The Bertz CT molecular complexity index is 1220. The van der Waals surface area contributed by atoms with Crippen LogP contribution >= 0.6 is 0 Å². The Hall–Kier alpha value is -3.68. The summed E-state index contributed by atoms with van der Waals surface area (Å²) in [6.07, 6.45) is -2.02. The lowest BCUT2D eigenvalue weighted by Gasteiger charge is -2.36. The maximum absolute atomic E-state index is 13.7. The van der Waals surface area contributed by atoms with E-state index in [1.54, 1.807) is 17.9 Å². The summed E-state index contributed by atoms with van der Waals surface area (Å²) in [5.74, 6) is -0.398. The minimum absolute atomic E-state index is 0.0810. The van der Waals surface area contributed by atoms with Crippen LogP contribution in [0.1, 0.15) is 57.1 Å². The van der Waals surface area contributed by atoms with Gasteiger partial charge < -0.3 is 4.90 Å². The number of hydrogen-bond acceptors (Lipinski definition) is 3. The van der Waals surface area contributed by atoms with Gasteiger partial charge in [0.2, 0.25) is 0 Å². The van der Waals surface area contributed by atoms with E-state index in [-0.39, 0.29) is 23.8 Å². The first-order valence-electron chi connectivity index (χ1n) is 10.9. The molecule has 0 saturated heterocycles. The summed E-state index contributed by atoms with van der Waals surface area (Å²) < 4.78 is 39.0. The van der Waals surface area contributed by atoms with E-state index in [1.807, 2.05) is 24.3 Å². The van der Waals surface area contributed by atoms with Gasteiger partial charge in [0.1, 0.15) is 0 Å². The SMILES string of the molecule is Cc1ccc(C(=O)N(Cc2ccc(C(F)(F)F)cc2)C2CCCc3ccccc32)cc1[N+](=O)[O-]. The second-order valence-electron chi connectivity index (χ2n) is 8.49. The number of halogens is 3. The minimum Gasteiger partial charge on any atom is -0.327 e. The zero-order valence-corrected chi connectivity index (χ0v) is 18.5. The third-order valence-corrected chi connectivity index (χ3v) is 6.26. The van der Waals surface area contributed by atoms with E-state index < -0.39 is 22.6 Å². The van der Waals surface area contributed by atoms with Gasteiger partial charge in [-0.05, 0) is 61.1 Å². The summed E-state index contributed by atoms with van der Waals surface area (Å²) in [5, 5.41) is 11.4. The van der Waals surface area contributed by atoms with Crippen molar-refractivity contribution < 1.29 is 22.9 Å². The van der Waals surface area contributed by atoms with Gasteiger partial charge in [-0.3, -0.25) is 14.9 Å². The van der Waals surface area contributed by atoms with Gasteiger partial charge in [0, 0.05) is 23.7 Å². The summed E-state index contributed by atoms with van der Waals surface area (Å²) in [4.78, 5) is 26.2. The van der Waals surface area contributed by atoms with Crippen LogP contribution in [0, 0.1) is 17.0 Å². The number of amides is 1. The highest BCUT2D eigenvalue weighted by Crippen LogP contribution is 2.37. The third kappa shape index (κ3) is 4.81. The molecule has 3 aromatic carbocycles. The van der Waals surface area contributed by atoms with Crippen LogP contribution in [0.25, 0.3) is 0 Å². The number of fused-ring (bicyclic) bond motifs is 1. The quantitative estimate of drug-likeness (QED) is 0.311. The molecule has 4 rings (SSSR count). The topological polar surface area (TPSA) is 63.5 Å². The average Bonchev–Trinajstić information content (AvgIpc) is 2.82. The fraction of sp³-hybridized carbons (Fsp3) is 0.269. The van der Waals surface area contributed by atoms with Crippen molar-refractivity contribution in [3.05, 3.63) is 110 Å². The van der Waals surface area contributed by atoms with E-state index in [0.29, 0.717) is 17.5 Å². The smallest absolute Gasteiger partial charge is 0.327 e. The summed E-state index contributed by atoms with van der Waals surface area (Å²) in [6, 6.07) is 16.6. The number of carbonyl (C=O) groups excluding carboxylic acids is 1. The van der Waals surface area contributed by atoms with Crippen LogP contribution in [-0.4, -0.2) is 15.7 Å². The van der Waals surface area contributed by atoms with Gasteiger partial charge in [0.25, 0.3) is 11.6 Å². The highest BCUT2D eigenvalue weighted by atomic mass is 19.4. The number of hydrogen-bond donors (Lipinski definition) is 0. The number of rotatable bonds is 5. The van der Waals surface area contributed by atoms with E-state index in [9.17, 15) is 28.1 Å². The van der Waals surface area contributed by atoms with Gasteiger partial charge in [-0.15, -0.1) is 0 Å². The van der Waals surface area contributed by atoms with Gasteiger partial charge in [-0.1, -0.05) is 42.5 Å². The molecule has 0 spiro atoms. The molecule has 0 aromatic heterocycles. The van der Waals surface area contributed by atoms with Crippen molar-refractivity contribution in [2.75, 3.05) is 0 Å². The van der Waals surface area contributed by atoms with E-state index >= 15 is 0 Å². The van der Waals surface area contributed by atoms with Crippen molar-refractivity contribution >= 4 is 11.6 Å². The number of alkyl halides is 3. The van der Waals surface area contributed by atoms with Crippen LogP contribution in [0.5, 0.6) is 0 Å². The molecule has 176 valence electrons. The number of benzene rings is 3. The first-order chi connectivity index (χ1) is 16.1. The summed E-state index contributed by atoms with van der Waals surface area (Å²) in [5.41, 5.74) is 2.38. The maximum atomic E-state index is 13.7. The number of aryl methyl sites for hydroxylation is 2.